The molecule has 1 aliphatic carbocycles. The van der Waals surface area contributed by atoms with Crippen LogP contribution in [0.15, 0.2) is 29.7 Å². The van der Waals surface area contributed by atoms with Crippen molar-refractivity contribution in [2.45, 2.75) is 25.3 Å². The maximum Gasteiger partial charge on any atom is 0.223 e. The number of likely N-dealkylation sites (N-methyl/N-ethyl adjacent to an activating group) is 1. The molecule has 0 unspecified atom stereocenters. The van der Waals surface area contributed by atoms with Crippen LogP contribution in [-0.4, -0.2) is 31.4 Å². The molecule has 2 atom stereocenters. The van der Waals surface area contributed by atoms with Crippen LogP contribution < -0.4 is 5.32 Å². The predicted octanol–water partition coefficient (Wildman–Crippen LogP) is 2.82. The van der Waals surface area contributed by atoms with Crippen LogP contribution in [-0.2, 0) is 4.79 Å². The van der Waals surface area contributed by atoms with Gasteiger partial charge in [-0.2, -0.15) is 0 Å². The summed E-state index contributed by atoms with van der Waals surface area (Å²) in [6.07, 6.45) is 7.18. The lowest BCUT2D eigenvalue weighted by Crippen LogP contribution is -2.37. The Morgan fingerprint density at radius 2 is 2.37 bits per heavy atom. The molecule has 1 heterocycles. The summed E-state index contributed by atoms with van der Waals surface area (Å²) in [7, 11) is 4.11. The molecule has 0 radical (unpaired) electrons. The van der Waals surface area contributed by atoms with Gasteiger partial charge in [0.1, 0.15) is 0 Å². The van der Waals surface area contributed by atoms with Crippen molar-refractivity contribution in [2.24, 2.45) is 5.92 Å². The first-order valence-corrected chi connectivity index (χ1v) is 7.69. The summed E-state index contributed by atoms with van der Waals surface area (Å²) in [5.41, 5.74) is 0. The summed E-state index contributed by atoms with van der Waals surface area (Å²) in [6, 6.07) is 4.46. The van der Waals surface area contributed by atoms with Crippen LogP contribution in [0.1, 0.15) is 30.2 Å². The third-order valence-electron chi connectivity index (χ3n) is 3.60. The molecule has 1 amide bonds. The van der Waals surface area contributed by atoms with Crippen molar-refractivity contribution in [3.05, 3.63) is 34.5 Å². The number of nitrogens with one attached hydrogen (secondary N) is 1. The van der Waals surface area contributed by atoms with E-state index in [0.29, 0.717) is 6.54 Å². The van der Waals surface area contributed by atoms with E-state index in [4.69, 9.17) is 0 Å². The van der Waals surface area contributed by atoms with Crippen molar-refractivity contribution in [2.75, 3.05) is 20.6 Å². The molecule has 2 rings (SSSR count). The molecule has 4 heteroatoms. The Morgan fingerprint density at radius 1 is 1.53 bits per heavy atom. The van der Waals surface area contributed by atoms with Gasteiger partial charge in [0.15, 0.2) is 0 Å². The molecular weight excluding hydrogens is 256 g/mol. The molecule has 1 N–H and O–H groups in total. The quantitative estimate of drug-likeness (QED) is 0.840. The second kappa shape index (κ2) is 6.87. The summed E-state index contributed by atoms with van der Waals surface area (Å²) in [5, 5.41) is 5.20. The van der Waals surface area contributed by atoms with E-state index in [1.807, 2.05) is 0 Å². The SMILES string of the molecule is CN(C)[C@H](CNC(=O)[C@@H]1CC=CCC1)c1cccs1. The molecule has 0 bridgehead atoms. The summed E-state index contributed by atoms with van der Waals surface area (Å²) < 4.78 is 0. The maximum absolute atomic E-state index is 12.1. The van der Waals surface area contributed by atoms with Crippen LogP contribution in [0.4, 0.5) is 0 Å². The fourth-order valence-corrected chi connectivity index (χ4v) is 3.31. The van der Waals surface area contributed by atoms with E-state index < -0.39 is 0 Å². The lowest BCUT2D eigenvalue weighted by molar-refractivity contribution is -0.125. The molecule has 0 aliphatic heterocycles. The number of carbonyl (C=O) groups is 1. The third kappa shape index (κ3) is 3.91. The largest absolute Gasteiger partial charge is 0.354 e. The van der Waals surface area contributed by atoms with Gasteiger partial charge < -0.3 is 10.2 Å². The highest BCUT2D eigenvalue weighted by Gasteiger charge is 2.21. The molecule has 3 nitrogen and oxygen atoms in total. The Hall–Kier alpha value is -1.13. The van der Waals surface area contributed by atoms with E-state index in [9.17, 15) is 4.79 Å². The molecule has 0 aromatic carbocycles. The Balaban J connectivity index is 1.88. The number of thiophene rings is 1. The molecule has 1 aromatic heterocycles. The molecule has 0 fully saturated rings. The monoisotopic (exact) mass is 278 g/mol. The average molecular weight is 278 g/mol. The van der Waals surface area contributed by atoms with Crippen LogP contribution in [0.5, 0.6) is 0 Å². The Labute approximate surface area is 119 Å². The zero-order valence-electron chi connectivity index (χ0n) is 11.6. The topological polar surface area (TPSA) is 32.3 Å². The first kappa shape index (κ1) is 14.3. The highest BCUT2D eigenvalue weighted by molar-refractivity contribution is 7.10. The van der Waals surface area contributed by atoms with E-state index in [2.05, 4.69) is 54.0 Å². The van der Waals surface area contributed by atoms with E-state index in [0.717, 1.165) is 19.3 Å². The van der Waals surface area contributed by atoms with Gasteiger partial charge in [-0.25, -0.2) is 0 Å². The number of allylic oxidation sites excluding steroid dienone is 2. The Kier molecular flexibility index (Phi) is 5.16. The number of nitrogens with zero attached hydrogens (tertiary/aromatic N) is 1. The van der Waals surface area contributed by atoms with E-state index >= 15 is 0 Å². The third-order valence-corrected chi connectivity index (χ3v) is 4.58. The van der Waals surface area contributed by atoms with Gasteiger partial charge in [0.25, 0.3) is 0 Å². The molecule has 104 valence electrons. The molecule has 19 heavy (non-hydrogen) atoms. The Bertz CT molecular complexity index is 425. The molecule has 1 aliphatic rings. The summed E-state index contributed by atoms with van der Waals surface area (Å²) in [6.45, 7) is 0.687. The second-order valence-electron chi connectivity index (χ2n) is 5.22. The number of hydrogen-bond acceptors (Lipinski definition) is 3. The van der Waals surface area contributed by atoms with Crippen molar-refractivity contribution in [3.8, 4) is 0 Å². The lowest BCUT2D eigenvalue weighted by atomic mass is 9.93. The fourth-order valence-electron chi connectivity index (χ4n) is 2.39. The van der Waals surface area contributed by atoms with Gasteiger partial charge in [0.05, 0.1) is 6.04 Å². The second-order valence-corrected chi connectivity index (χ2v) is 6.20. The number of amides is 1. The van der Waals surface area contributed by atoms with Crippen molar-refractivity contribution < 1.29 is 4.79 Å². The van der Waals surface area contributed by atoms with Gasteiger partial charge >= 0.3 is 0 Å². The van der Waals surface area contributed by atoms with Gasteiger partial charge in [-0.05, 0) is 44.8 Å². The maximum atomic E-state index is 12.1. The predicted molar refractivity (Wildman–Crippen MR) is 80.2 cm³/mol. The van der Waals surface area contributed by atoms with E-state index in [-0.39, 0.29) is 17.9 Å². The highest BCUT2D eigenvalue weighted by Crippen LogP contribution is 2.23. The van der Waals surface area contributed by atoms with Gasteiger partial charge in [-0.15, -0.1) is 11.3 Å². The summed E-state index contributed by atoms with van der Waals surface area (Å²) >= 11 is 1.74. The van der Waals surface area contributed by atoms with Gasteiger partial charge in [0, 0.05) is 17.3 Å². The first-order valence-electron chi connectivity index (χ1n) is 6.81. The summed E-state index contributed by atoms with van der Waals surface area (Å²) in [5.74, 6) is 0.365. The minimum Gasteiger partial charge on any atom is -0.354 e. The normalized spacial score (nSPS) is 20.5. The molecule has 0 saturated carbocycles. The van der Waals surface area contributed by atoms with Crippen LogP contribution in [0.25, 0.3) is 0 Å². The number of carbonyl (C=O) groups excluding carboxylic acids is 1. The smallest absolute Gasteiger partial charge is 0.223 e. The van der Waals surface area contributed by atoms with Crippen molar-refractivity contribution in [3.63, 3.8) is 0 Å². The minimum atomic E-state index is 0.163. The Morgan fingerprint density at radius 3 is 2.95 bits per heavy atom. The van der Waals surface area contributed by atoms with Crippen LogP contribution >= 0.6 is 11.3 Å². The first-order chi connectivity index (χ1) is 9.18. The zero-order valence-corrected chi connectivity index (χ0v) is 12.5. The van der Waals surface area contributed by atoms with Crippen LogP contribution in [0.2, 0.25) is 0 Å². The van der Waals surface area contributed by atoms with Gasteiger partial charge in [-0.1, -0.05) is 18.2 Å². The minimum absolute atomic E-state index is 0.163. The lowest BCUT2D eigenvalue weighted by Gasteiger charge is -2.25. The van der Waals surface area contributed by atoms with E-state index in [1.165, 1.54) is 4.88 Å². The van der Waals surface area contributed by atoms with Crippen molar-refractivity contribution >= 4 is 17.2 Å². The number of hydrogen-bond donors (Lipinski definition) is 1. The summed E-state index contributed by atoms with van der Waals surface area (Å²) in [4.78, 5) is 15.6. The van der Waals surface area contributed by atoms with Crippen molar-refractivity contribution in [1.29, 1.82) is 0 Å². The van der Waals surface area contributed by atoms with Crippen LogP contribution in [0.3, 0.4) is 0 Å². The van der Waals surface area contributed by atoms with Gasteiger partial charge in [0.2, 0.25) is 5.91 Å². The molecule has 0 spiro atoms. The standard InChI is InChI=1S/C15H22N2OS/c1-17(2)13(14-9-6-10-19-14)11-16-15(18)12-7-4-3-5-8-12/h3-4,6,9-10,12-13H,5,7-8,11H2,1-2H3,(H,16,18)/t12-,13-/m1/s1. The van der Waals surface area contributed by atoms with Crippen molar-refractivity contribution in [1.82, 2.24) is 10.2 Å². The zero-order chi connectivity index (χ0) is 13.7. The van der Waals surface area contributed by atoms with Crippen LogP contribution in [0, 0.1) is 5.92 Å². The molecule has 1 aromatic rings. The number of rotatable bonds is 5. The molecular formula is C15H22N2OS. The van der Waals surface area contributed by atoms with Gasteiger partial charge in [-0.3, -0.25) is 4.79 Å². The fraction of sp³-hybridized carbons (Fsp3) is 0.533. The average Bonchev–Trinajstić information content (AvgIpc) is 2.93. The highest BCUT2D eigenvalue weighted by atomic mass is 32.1. The van der Waals surface area contributed by atoms with E-state index in [1.54, 1.807) is 11.3 Å². The molecule has 0 saturated heterocycles.